The van der Waals surface area contributed by atoms with Crippen LogP contribution in [-0.2, 0) is 10.0 Å². The van der Waals surface area contributed by atoms with E-state index in [1.165, 1.54) is 11.3 Å². The number of fused-ring (bicyclic) bond motifs is 1. The summed E-state index contributed by atoms with van der Waals surface area (Å²) in [6.45, 7) is 10.5. The lowest BCUT2D eigenvalue weighted by Gasteiger charge is -2.29. The third-order valence-corrected chi connectivity index (χ3v) is 10.8. The highest BCUT2D eigenvalue weighted by Gasteiger charge is 2.29. The van der Waals surface area contributed by atoms with E-state index in [2.05, 4.69) is 25.7 Å². The maximum absolute atomic E-state index is 13.8. The number of carbonyl (C=O) groups is 1. The lowest BCUT2D eigenvalue weighted by Crippen LogP contribution is -2.39. The summed E-state index contributed by atoms with van der Waals surface area (Å²) in [4.78, 5) is 24.0. The smallest absolute Gasteiger partial charge is 0.260 e. The maximum atomic E-state index is 13.8. The van der Waals surface area contributed by atoms with E-state index in [4.69, 9.17) is 4.98 Å². The number of rotatable bonds is 10. The van der Waals surface area contributed by atoms with E-state index in [0.717, 1.165) is 47.6 Å². The number of aromatic nitrogens is 1. The molecule has 2 heterocycles. The molecule has 2 aromatic carbocycles. The number of thiazole rings is 1. The summed E-state index contributed by atoms with van der Waals surface area (Å²) in [5.41, 5.74) is 1.36. The van der Waals surface area contributed by atoms with Crippen molar-refractivity contribution in [2.24, 2.45) is 5.92 Å². The topological polar surface area (TPSA) is 73.8 Å². The maximum Gasteiger partial charge on any atom is 0.260 e. The van der Waals surface area contributed by atoms with Gasteiger partial charge in [0, 0.05) is 36.6 Å². The molecule has 0 aliphatic carbocycles. The van der Waals surface area contributed by atoms with Crippen molar-refractivity contribution in [3.8, 4) is 0 Å². The van der Waals surface area contributed by atoms with Gasteiger partial charge in [0.1, 0.15) is 0 Å². The average molecular weight is 597 g/mol. The zero-order valence-corrected chi connectivity index (χ0v) is 25.7. The number of benzene rings is 2. The van der Waals surface area contributed by atoms with Crippen molar-refractivity contribution in [2.45, 2.75) is 43.4 Å². The Morgan fingerprint density at radius 3 is 2.34 bits per heavy atom. The number of amides is 1. The number of carbonyl (C=O) groups excluding carboxylic acids is 1. The van der Waals surface area contributed by atoms with Crippen LogP contribution in [0.3, 0.4) is 0 Å². The van der Waals surface area contributed by atoms with Gasteiger partial charge in [-0.2, -0.15) is 4.31 Å². The molecule has 1 fully saturated rings. The molecule has 1 aliphatic rings. The minimum atomic E-state index is -3.56. The van der Waals surface area contributed by atoms with E-state index in [0.29, 0.717) is 36.2 Å². The van der Waals surface area contributed by atoms with Gasteiger partial charge in [-0.25, -0.2) is 13.4 Å². The van der Waals surface area contributed by atoms with E-state index in [1.807, 2.05) is 24.5 Å². The number of likely N-dealkylation sites (N-methyl/N-ethyl adjacent to an activating group) is 1. The highest BCUT2D eigenvalue weighted by Crippen LogP contribution is 2.35. The molecule has 0 bridgehead atoms. The third-order valence-electron chi connectivity index (χ3n) is 7.08. The number of sulfonamides is 1. The van der Waals surface area contributed by atoms with Crippen LogP contribution in [0, 0.1) is 5.92 Å². The van der Waals surface area contributed by atoms with Crippen molar-refractivity contribution in [3.05, 3.63) is 48.0 Å². The van der Waals surface area contributed by atoms with Gasteiger partial charge in [-0.15, -0.1) is 24.2 Å². The van der Waals surface area contributed by atoms with E-state index < -0.39 is 10.0 Å². The standard InChI is InChI=1S/C27H36N4O3S3.ClH/c1-5-29(6-2)18-19-31(27-28-25-23(35-4)8-7-9-24(25)36-27)26(32)21-10-12-22(13-11-21)37(33,34)30-16-14-20(3)15-17-30;/h7-13,20H,5-6,14-19H2,1-4H3;1H. The Morgan fingerprint density at radius 2 is 1.74 bits per heavy atom. The molecule has 1 saturated heterocycles. The second-order valence-corrected chi connectivity index (χ2v) is 13.2. The molecule has 11 heteroatoms. The Hall–Kier alpha value is -1.69. The van der Waals surface area contributed by atoms with Gasteiger partial charge in [0.2, 0.25) is 10.0 Å². The Balaban J connectivity index is 0.00000400. The number of hydrogen-bond donors (Lipinski definition) is 0. The Bertz CT molecular complexity index is 1320. The van der Waals surface area contributed by atoms with E-state index >= 15 is 0 Å². The lowest BCUT2D eigenvalue weighted by molar-refractivity contribution is 0.0983. The normalized spacial score (nSPS) is 15.1. The highest BCUT2D eigenvalue weighted by atomic mass is 35.5. The number of hydrogen-bond acceptors (Lipinski definition) is 7. The van der Waals surface area contributed by atoms with Crippen LogP contribution in [-0.4, -0.2) is 74.0 Å². The molecule has 0 N–H and O–H groups in total. The first-order valence-electron chi connectivity index (χ1n) is 12.9. The zero-order chi connectivity index (χ0) is 26.6. The van der Waals surface area contributed by atoms with Crippen LogP contribution in [0.15, 0.2) is 52.3 Å². The van der Waals surface area contributed by atoms with Crippen LogP contribution in [0.2, 0.25) is 0 Å². The Labute approximate surface area is 241 Å². The van der Waals surface area contributed by atoms with Gasteiger partial charge in [0.15, 0.2) is 5.13 Å². The lowest BCUT2D eigenvalue weighted by atomic mass is 10.0. The van der Waals surface area contributed by atoms with Gasteiger partial charge in [0.25, 0.3) is 5.91 Å². The van der Waals surface area contributed by atoms with Crippen LogP contribution in [0.4, 0.5) is 5.13 Å². The highest BCUT2D eigenvalue weighted by molar-refractivity contribution is 7.98. The molecule has 0 spiro atoms. The first kappa shape index (κ1) is 30.8. The van der Waals surface area contributed by atoms with E-state index in [9.17, 15) is 13.2 Å². The molecule has 1 aromatic heterocycles. The van der Waals surface area contributed by atoms with Crippen LogP contribution in [0.5, 0.6) is 0 Å². The summed E-state index contributed by atoms with van der Waals surface area (Å²) in [7, 11) is -3.56. The van der Waals surface area contributed by atoms with Crippen molar-refractivity contribution in [1.29, 1.82) is 0 Å². The molecule has 0 radical (unpaired) electrons. The molecular weight excluding hydrogens is 560 g/mol. The van der Waals surface area contributed by atoms with Gasteiger partial charge in [0.05, 0.1) is 15.1 Å². The van der Waals surface area contributed by atoms with E-state index in [1.54, 1.807) is 45.2 Å². The molecule has 7 nitrogen and oxygen atoms in total. The van der Waals surface area contributed by atoms with Crippen LogP contribution in [0.25, 0.3) is 10.2 Å². The minimum absolute atomic E-state index is 0. The van der Waals surface area contributed by atoms with Gasteiger partial charge < -0.3 is 4.90 Å². The SMILES string of the molecule is CCN(CC)CCN(C(=O)c1ccc(S(=O)(=O)N2CCC(C)CC2)cc1)c1nc2c(SC)cccc2s1.Cl. The number of halogens is 1. The summed E-state index contributed by atoms with van der Waals surface area (Å²) in [5.74, 6) is 0.371. The van der Waals surface area contributed by atoms with Crippen LogP contribution >= 0.6 is 35.5 Å². The summed E-state index contributed by atoms with van der Waals surface area (Å²) in [6, 6.07) is 12.5. The molecule has 0 saturated carbocycles. The fourth-order valence-corrected chi connectivity index (χ4v) is 7.67. The summed E-state index contributed by atoms with van der Waals surface area (Å²) in [6.07, 6.45) is 3.77. The van der Waals surface area contributed by atoms with Crippen molar-refractivity contribution < 1.29 is 13.2 Å². The molecule has 0 unspecified atom stereocenters. The second-order valence-electron chi connectivity index (χ2n) is 9.40. The first-order chi connectivity index (χ1) is 17.8. The van der Waals surface area contributed by atoms with Crippen molar-refractivity contribution in [1.82, 2.24) is 14.2 Å². The molecule has 1 aliphatic heterocycles. The molecule has 3 aromatic rings. The van der Waals surface area contributed by atoms with Crippen molar-refractivity contribution in [3.63, 3.8) is 0 Å². The van der Waals surface area contributed by atoms with E-state index in [-0.39, 0.29) is 23.2 Å². The number of thioether (sulfide) groups is 1. The fourth-order valence-electron chi connectivity index (χ4n) is 4.56. The number of anilines is 1. The second kappa shape index (κ2) is 13.6. The largest absolute Gasteiger partial charge is 0.302 e. The molecule has 38 heavy (non-hydrogen) atoms. The Kier molecular flexibility index (Phi) is 11.0. The van der Waals surface area contributed by atoms with Gasteiger partial charge >= 0.3 is 0 Å². The predicted octanol–water partition coefficient (Wildman–Crippen LogP) is 5.85. The monoisotopic (exact) mass is 596 g/mol. The fraction of sp³-hybridized carbons (Fsp3) is 0.481. The van der Waals surface area contributed by atoms with Gasteiger partial charge in [-0.3, -0.25) is 9.69 Å². The number of nitrogens with zero attached hydrogens (tertiary/aromatic N) is 4. The average Bonchev–Trinajstić information content (AvgIpc) is 3.35. The third kappa shape index (κ3) is 6.71. The van der Waals surface area contributed by atoms with Gasteiger partial charge in [-0.05, 0) is 74.5 Å². The molecule has 0 atom stereocenters. The Morgan fingerprint density at radius 1 is 1.08 bits per heavy atom. The van der Waals surface area contributed by atoms with Crippen LogP contribution in [0.1, 0.15) is 44.0 Å². The quantitative estimate of drug-likeness (QED) is 0.273. The number of piperidine rings is 1. The molecule has 1 amide bonds. The molecule has 4 rings (SSSR count). The van der Waals surface area contributed by atoms with Crippen LogP contribution < -0.4 is 4.90 Å². The zero-order valence-electron chi connectivity index (χ0n) is 22.4. The molecule has 208 valence electrons. The van der Waals surface area contributed by atoms with Crippen molar-refractivity contribution in [2.75, 3.05) is 50.4 Å². The number of para-hydroxylation sites is 1. The van der Waals surface area contributed by atoms with Gasteiger partial charge in [-0.1, -0.05) is 38.2 Å². The van der Waals surface area contributed by atoms with Crippen molar-refractivity contribution >= 4 is 66.8 Å². The minimum Gasteiger partial charge on any atom is -0.302 e. The predicted molar refractivity (Wildman–Crippen MR) is 162 cm³/mol. The summed E-state index contributed by atoms with van der Waals surface area (Å²) in [5, 5.41) is 0.660. The molecular formula is C27H37ClN4O3S3. The summed E-state index contributed by atoms with van der Waals surface area (Å²) >= 11 is 3.15. The first-order valence-corrected chi connectivity index (χ1v) is 16.3. The summed E-state index contributed by atoms with van der Waals surface area (Å²) < 4.78 is 28.9.